The van der Waals surface area contributed by atoms with E-state index >= 15 is 0 Å². The minimum Gasteiger partial charge on any atom is -0.486 e. The maximum absolute atomic E-state index is 13.3. The summed E-state index contributed by atoms with van der Waals surface area (Å²) < 4.78 is 45.8. The summed E-state index contributed by atoms with van der Waals surface area (Å²) in [6.07, 6.45) is -2.89. The first-order chi connectivity index (χ1) is 13.2. The Morgan fingerprint density at radius 3 is 2.54 bits per heavy atom. The highest BCUT2D eigenvalue weighted by Crippen LogP contribution is 2.40. The standard InChI is InChI=1S/C20H21F3N2O3/c1-24(2)14-8-7-13-5-3-4-6-16(13)19(11-14)28-15-9-10-18(25(26)27)17(12-15)20(21,22)23/h3-6,9-10,12,14,19H,7-8,11H2,1-2H3/t14-,19-/m1/s1. The molecule has 2 aromatic carbocycles. The summed E-state index contributed by atoms with van der Waals surface area (Å²) in [5, 5.41) is 11.0. The molecule has 8 heteroatoms. The van der Waals surface area contributed by atoms with Crippen LogP contribution in [0.15, 0.2) is 42.5 Å². The summed E-state index contributed by atoms with van der Waals surface area (Å²) in [6, 6.07) is 10.7. The van der Waals surface area contributed by atoms with Crippen molar-refractivity contribution in [3.8, 4) is 5.75 Å². The molecule has 0 radical (unpaired) electrons. The second-order valence-electron chi connectivity index (χ2n) is 7.13. The monoisotopic (exact) mass is 394 g/mol. The molecule has 0 unspecified atom stereocenters. The Morgan fingerprint density at radius 1 is 1.18 bits per heavy atom. The molecule has 150 valence electrons. The fraction of sp³-hybridized carbons (Fsp3) is 0.400. The van der Waals surface area contributed by atoms with Crippen LogP contribution in [0.1, 0.15) is 35.6 Å². The van der Waals surface area contributed by atoms with E-state index in [0.717, 1.165) is 36.1 Å². The molecule has 0 aromatic heterocycles. The van der Waals surface area contributed by atoms with Crippen LogP contribution < -0.4 is 4.74 Å². The van der Waals surface area contributed by atoms with Gasteiger partial charge < -0.3 is 9.64 Å². The smallest absolute Gasteiger partial charge is 0.423 e. The number of rotatable bonds is 4. The number of halogens is 3. The van der Waals surface area contributed by atoms with Gasteiger partial charge >= 0.3 is 6.18 Å². The van der Waals surface area contributed by atoms with Gasteiger partial charge in [0.1, 0.15) is 17.4 Å². The van der Waals surface area contributed by atoms with Crippen molar-refractivity contribution in [2.24, 2.45) is 0 Å². The molecule has 0 spiro atoms. The summed E-state index contributed by atoms with van der Waals surface area (Å²) in [6.45, 7) is 0. The lowest BCUT2D eigenvalue weighted by Crippen LogP contribution is -2.30. The van der Waals surface area contributed by atoms with E-state index in [-0.39, 0.29) is 11.8 Å². The molecular weight excluding hydrogens is 373 g/mol. The van der Waals surface area contributed by atoms with Crippen molar-refractivity contribution in [1.29, 1.82) is 0 Å². The van der Waals surface area contributed by atoms with Crippen molar-refractivity contribution in [3.05, 3.63) is 69.3 Å². The Kier molecular flexibility index (Phi) is 5.60. The van der Waals surface area contributed by atoms with Gasteiger partial charge in [-0.1, -0.05) is 24.3 Å². The molecule has 3 rings (SSSR count). The Bertz CT molecular complexity index is 868. The Hall–Kier alpha value is -2.61. The molecule has 0 N–H and O–H groups in total. The van der Waals surface area contributed by atoms with Crippen LogP contribution in [0.2, 0.25) is 0 Å². The topological polar surface area (TPSA) is 55.6 Å². The van der Waals surface area contributed by atoms with Gasteiger partial charge in [0, 0.05) is 18.5 Å². The predicted octanol–water partition coefficient (Wildman–Crippen LogP) is 5.00. The van der Waals surface area contributed by atoms with Crippen LogP contribution >= 0.6 is 0 Å². The van der Waals surface area contributed by atoms with Gasteiger partial charge in [0.15, 0.2) is 0 Å². The molecular formula is C20H21F3N2O3. The lowest BCUT2D eigenvalue weighted by atomic mass is 10.0. The van der Waals surface area contributed by atoms with Gasteiger partial charge in [0.05, 0.1) is 4.92 Å². The number of nitrogens with zero attached hydrogens (tertiary/aromatic N) is 2. The van der Waals surface area contributed by atoms with Crippen molar-refractivity contribution < 1.29 is 22.8 Å². The maximum atomic E-state index is 13.3. The third kappa shape index (κ3) is 4.27. The average Bonchev–Trinajstić information content (AvgIpc) is 2.81. The molecule has 5 nitrogen and oxygen atoms in total. The number of fused-ring (bicyclic) bond motifs is 1. The van der Waals surface area contributed by atoms with E-state index in [0.29, 0.717) is 6.42 Å². The molecule has 0 heterocycles. The number of hydrogen-bond donors (Lipinski definition) is 0. The zero-order valence-corrected chi connectivity index (χ0v) is 15.6. The highest BCUT2D eigenvalue weighted by atomic mass is 19.4. The van der Waals surface area contributed by atoms with Gasteiger partial charge in [-0.3, -0.25) is 10.1 Å². The van der Waals surface area contributed by atoms with Gasteiger partial charge in [0.25, 0.3) is 5.69 Å². The Balaban J connectivity index is 1.98. The normalized spacial score (nSPS) is 19.8. The first kappa shape index (κ1) is 20.1. The molecule has 0 fully saturated rings. The zero-order chi connectivity index (χ0) is 20.5. The molecule has 2 aromatic rings. The molecule has 28 heavy (non-hydrogen) atoms. The SMILES string of the molecule is CN(C)[C@@H]1CCc2ccccc2[C@H](Oc2ccc([N+](=O)[O-])c(C(F)(F)F)c2)C1. The van der Waals surface area contributed by atoms with E-state index in [9.17, 15) is 23.3 Å². The van der Waals surface area contributed by atoms with E-state index in [2.05, 4.69) is 4.90 Å². The number of aryl methyl sites for hydroxylation is 1. The second kappa shape index (κ2) is 7.79. The van der Waals surface area contributed by atoms with Crippen LogP contribution in [-0.2, 0) is 12.6 Å². The lowest BCUT2D eigenvalue weighted by Gasteiger charge is -2.27. The van der Waals surface area contributed by atoms with Crippen LogP contribution in [0.5, 0.6) is 5.75 Å². The number of hydrogen-bond acceptors (Lipinski definition) is 4. The Labute approximate surface area is 160 Å². The van der Waals surface area contributed by atoms with Crippen molar-refractivity contribution in [2.45, 2.75) is 37.6 Å². The quantitative estimate of drug-likeness (QED) is 0.416. The first-order valence-electron chi connectivity index (χ1n) is 8.93. The van der Waals surface area contributed by atoms with Crippen LogP contribution in [0.4, 0.5) is 18.9 Å². The van der Waals surface area contributed by atoms with E-state index < -0.39 is 28.5 Å². The minimum atomic E-state index is -4.84. The molecule has 0 bridgehead atoms. The number of alkyl halides is 3. The first-order valence-corrected chi connectivity index (χ1v) is 8.93. The van der Waals surface area contributed by atoms with Gasteiger partial charge in [-0.15, -0.1) is 0 Å². The van der Waals surface area contributed by atoms with Crippen LogP contribution in [0.3, 0.4) is 0 Å². The minimum absolute atomic E-state index is 0.0304. The zero-order valence-electron chi connectivity index (χ0n) is 15.6. The molecule has 0 aliphatic heterocycles. The average molecular weight is 394 g/mol. The highest BCUT2D eigenvalue weighted by Gasteiger charge is 2.39. The summed E-state index contributed by atoms with van der Waals surface area (Å²) in [7, 11) is 3.93. The molecule has 1 aliphatic rings. The van der Waals surface area contributed by atoms with Gasteiger partial charge in [-0.2, -0.15) is 13.2 Å². The second-order valence-corrected chi connectivity index (χ2v) is 7.13. The molecule has 2 atom stereocenters. The van der Waals surface area contributed by atoms with E-state index in [1.54, 1.807) is 0 Å². The van der Waals surface area contributed by atoms with Crippen LogP contribution in [-0.4, -0.2) is 30.0 Å². The van der Waals surface area contributed by atoms with Crippen molar-refractivity contribution in [1.82, 2.24) is 4.90 Å². The van der Waals surface area contributed by atoms with E-state index in [1.165, 1.54) is 6.07 Å². The van der Waals surface area contributed by atoms with Gasteiger partial charge in [-0.05, 0) is 50.2 Å². The molecule has 0 amide bonds. The summed E-state index contributed by atoms with van der Waals surface area (Å²) in [5.41, 5.74) is -0.234. The fourth-order valence-corrected chi connectivity index (χ4v) is 3.61. The number of benzene rings is 2. The van der Waals surface area contributed by atoms with Crippen LogP contribution in [0, 0.1) is 10.1 Å². The summed E-state index contributed by atoms with van der Waals surface area (Å²) >= 11 is 0. The van der Waals surface area contributed by atoms with E-state index in [1.807, 2.05) is 38.4 Å². The fourth-order valence-electron chi connectivity index (χ4n) is 3.61. The molecule has 0 saturated heterocycles. The largest absolute Gasteiger partial charge is 0.486 e. The number of nitro benzene ring substituents is 1. The predicted molar refractivity (Wildman–Crippen MR) is 98.3 cm³/mol. The third-order valence-electron chi connectivity index (χ3n) is 5.11. The highest BCUT2D eigenvalue weighted by molar-refractivity contribution is 5.47. The van der Waals surface area contributed by atoms with Crippen LogP contribution in [0.25, 0.3) is 0 Å². The van der Waals surface area contributed by atoms with Gasteiger partial charge in [0.2, 0.25) is 0 Å². The molecule has 1 aliphatic carbocycles. The number of nitro groups is 1. The van der Waals surface area contributed by atoms with Crippen molar-refractivity contribution in [3.63, 3.8) is 0 Å². The van der Waals surface area contributed by atoms with E-state index in [4.69, 9.17) is 4.74 Å². The molecule has 0 saturated carbocycles. The van der Waals surface area contributed by atoms with Crippen molar-refractivity contribution in [2.75, 3.05) is 14.1 Å². The Morgan fingerprint density at radius 2 is 1.89 bits per heavy atom. The lowest BCUT2D eigenvalue weighted by molar-refractivity contribution is -0.388. The number of ether oxygens (including phenoxy) is 1. The van der Waals surface area contributed by atoms with Crippen molar-refractivity contribution >= 4 is 5.69 Å². The maximum Gasteiger partial charge on any atom is 0.423 e. The summed E-state index contributed by atoms with van der Waals surface area (Å²) in [5.74, 6) is -0.0304. The van der Waals surface area contributed by atoms with Gasteiger partial charge in [-0.25, -0.2) is 0 Å². The summed E-state index contributed by atoms with van der Waals surface area (Å²) in [4.78, 5) is 12.0. The third-order valence-corrected chi connectivity index (χ3v) is 5.11.